The van der Waals surface area contributed by atoms with Crippen LogP contribution in [-0.2, 0) is 23.1 Å². The van der Waals surface area contributed by atoms with Crippen molar-refractivity contribution in [2.75, 3.05) is 6.54 Å². The van der Waals surface area contributed by atoms with E-state index in [2.05, 4.69) is 10.3 Å². The van der Waals surface area contributed by atoms with Gasteiger partial charge in [0, 0.05) is 32.6 Å². The number of nitrogens with two attached hydrogens (primary N) is 1. The number of halogens is 1. The van der Waals surface area contributed by atoms with E-state index in [-0.39, 0.29) is 37.7 Å². The Hall–Kier alpha value is -1.60. The average Bonchev–Trinajstić information content (AvgIpc) is 2.63. The first-order valence-corrected chi connectivity index (χ1v) is 5.22. The molecule has 0 spiro atoms. The molecule has 0 saturated heterocycles. The molecule has 1 atom stereocenters. The fourth-order valence-corrected chi connectivity index (χ4v) is 1.38. The quantitative estimate of drug-likeness (QED) is 0.636. The second-order valence-electron chi connectivity index (χ2n) is 3.73. The Bertz CT molecular complexity index is 408. The van der Waals surface area contributed by atoms with Crippen molar-refractivity contribution in [3.8, 4) is 0 Å². The van der Waals surface area contributed by atoms with Crippen LogP contribution in [0.15, 0.2) is 12.5 Å². The fraction of sp³-hybridized carbons (Fsp3) is 0.500. The molecule has 7 nitrogen and oxygen atoms in total. The Kier molecular flexibility index (Phi) is 6.99. The van der Waals surface area contributed by atoms with Crippen LogP contribution in [0.1, 0.15) is 12.1 Å². The fourth-order valence-electron chi connectivity index (χ4n) is 1.38. The highest BCUT2D eigenvalue weighted by molar-refractivity contribution is 5.85. The zero-order chi connectivity index (χ0) is 12.8. The molecule has 4 N–H and O–H groups in total. The topological polar surface area (TPSA) is 110 Å². The number of hydrogen-bond donors (Lipinski definition) is 3. The third-order valence-electron chi connectivity index (χ3n) is 2.18. The van der Waals surface area contributed by atoms with Crippen molar-refractivity contribution in [2.24, 2.45) is 12.8 Å². The summed E-state index contributed by atoms with van der Waals surface area (Å²) in [4.78, 5) is 26.3. The predicted molar refractivity (Wildman–Crippen MR) is 67.4 cm³/mol. The SMILES string of the molecule is Cl.Cn1cnc(C[C@H](NC(=O)CCN)C(=O)O)c1. The lowest BCUT2D eigenvalue weighted by Crippen LogP contribution is -2.42. The van der Waals surface area contributed by atoms with Crippen LogP contribution < -0.4 is 11.1 Å². The molecule has 0 saturated carbocycles. The highest BCUT2D eigenvalue weighted by atomic mass is 35.5. The van der Waals surface area contributed by atoms with Crippen molar-refractivity contribution in [1.82, 2.24) is 14.9 Å². The molecule has 0 aliphatic rings. The van der Waals surface area contributed by atoms with Crippen molar-refractivity contribution in [3.05, 3.63) is 18.2 Å². The molecule has 8 heteroatoms. The third-order valence-corrected chi connectivity index (χ3v) is 2.18. The zero-order valence-corrected chi connectivity index (χ0v) is 10.8. The molecule has 1 aromatic heterocycles. The number of nitrogens with one attached hydrogen (secondary N) is 1. The van der Waals surface area contributed by atoms with Gasteiger partial charge in [-0.1, -0.05) is 0 Å². The number of carbonyl (C=O) groups excluding carboxylic acids is 1. The van der Waals surface area contributed by atoms with Gasteiger partial charge in [0.15, 0.2) is 0 Å². The number of aryl methyl sites for hydroxylation is 1. The number of hydrogen-bond acceptors (Lipinski definition) is 4. The van der Waals surface area contributed by atoms with Gasteiger partial charge in [-0.2, -0.15) is 0 Å². The van der Waals surface area contributed by atoms with Gasteiger partial charge in [0.1, 0.15) is 6.04 Å². The van der Waals surface area contributed by atoms with Gasteiger partial charge in [-0.05, 0) is 0 Å². The first-order chi connectivity index (χ1) is 8.02. The van der Waals surface area contributed by atoms with Crippen LogP contribution in [0.3, 0.4) is 0 Å². The van der Waals surface area contributed by atoms with Crippen LogP contribution in [0, 0.1) is 0 Å². The predicted octanol–water partition coefficient (Wildman–Crippen LogP) is -0.697. The highest BCUT2D eigenvalue weighted by Gasteiger charge is 2.20. The minimum Gasteiger partial charge on any atom is -0.480 e. The van der Waals surface area contributed by atoms with Crippen molar-refractivity contribution in [1.29, 1.82) is 0 Å². The molecule has 0 aliphatic carbocycles. The largest absolute Gasteiger partial charge is 0.480 e. The van der Waals surface area contributed by atoms with E-state index in [0.717, 1.165) is 0 Å². The number of imidazole rings is 1. The molecule has 18 heavy (non-hydrogen) atoms. The van der Waals surface area contributed by atoms with Gasteiger partial charge in [0.05, 0.1) is 12.0 Å². The molecule has 1 aromatic rings. The van der Waals surface area contributed by atoms with Crippen molar-refractivity contribution < 1.29 is 14.7 Å². The Morgan fingerprint density at radius 2 is 2.28 bits per heavy atom. The van der Waals surface area contributed by atoms with Crippen molar-refractivity contribution in [3.63, 3.8) is 0 Å². The molecule has 0 radical (unpaired) electrons. The molecule has 1 rings (SSSR count). The maximum atomic E-state index is 11.3. The number of carbonyl (C=O) groups is 2. The van der Waals surface area contributed by atoms with Crippen LogP contribution in [0.2, 0.25) is 0 Å². The normalized spacial score (nSPS) is 11.4. The van der Waals surface area contributed by atoms with Crippen LogP contribution in [0.4, 0.5) is 0 Å². The average molecular weight is 277 g/mol. The number of carboxylic acid groups (broad SMARTS) is 1. The minimum atomic E-state index is -1.08. The lowest BCUT2D eigenvalue weighted by molar-refractivity contribution is -0.141. The van der Waals surface area contributed by atoms with E-state index >= 15 is 0 Å². The van der Waals surface area contributed by atoms with Crippen LogP contribution >= 0.6 is 12.4 Å². The van der Waals surface area contributed by atoms with Gasteiger partial charge in [-0.25, -0.2) is 9.78 Å². The van der Waals surface area contributed by atoms with Gasteiger partial charge >= 0.3 is 5.97 Å². The molecule has 0 aromatic carbocycles. The summed E-state index contributed by atoms with van der Waals surface area (Å²) in [6.45, 7) is 0.196. The summed E-state index contributed by atoms with van der Waals surface area (Å²) in [5, 5.41) is 11.4. The molecule has 102 valence electrons. The van der Waals surface area contributed by atoms with Crippen molar-refractivity contribution >= 4 is 24.3 Å². The van der Waals surface area contributed by atoms with E-state index in [1.54, 1.807) is 24.1 Å². The van der Waals surface area contributed by atoms with E-state index in [0.29, 0.717) is 5.69 Å². The van der Waals surface area contributed by atoms with E-state index in [9.17, 15) is 9.59 Å². The second-order valence-corrected chi connectivity index (χ2v) is 3.73. The molecule has 1 heterocycles. The molecule has 0 bridgehead atoms. The molecular formula is C10H17ClN4O3. The summed E-state index contributed by atoms with van der Waals surface area (Å²) in [6.07, 6.45) is 3.57. The van der Waals surface area contributed by atoms with Crippen LogP contribution in [-0.4, -0.2) is 39.1 Å². The zero-order valence-electron chi connectivity index (χ0n) is 10.00. The minimum absolute atomic E-state index is 0. The summed E-state index contributed by atoms with van der Waals surface area (Å²) in [5.41, 5.74) is 5.83. The lowest BCUT2D eigenvalue weighted by Gasteiger charge is -2.12. The van der Waals surface area contributed by atoms with E-state index < -0.39 is 12.0 Å². The molecular weight excluding hydrogens is 260 g/mol. The second kappa shape index (κ2) is 7.67. The smallest absolute Gasteiger partial charge is 0.326 e. The maximum Gasteiger partial charge on any atom is 0.326 e. The summed E-state index contributed by atoms with van der Waals surface area (Å²) in [6, 6.07) is -0.969. The Balaban J connectivity index is 0.00000289. The molecule has 0 fully saturated rings. The molecule has 0 aliphatic heterocycles. The van der Waals surface area contributed by atoms with E-state index in [1.165, 1.54) is 0 Å². The highest BCUT2D eigenvalue weighted by Crippen LogP contribution is 2.00. The Morgan fingerprint density at radius 1 is 1.61 bits per heavy atom. The number of amides is 1. The van der Waals surface area contributed by atoms with Crippen LogP contribution in [0.25, 0.3) is 0 Å². The van der Waals surface area contributed by atoms with Gasteiger partial charge < -0.3 is 20.7 Å². The maximum absolute atomic E-state index is 11.3. The monoisotopic (exact) mass is 276 g/mol. The summed E-state index contributed by atoms with van der Waals surface area (Å²) in [7, 11) is 1.79. The standard InChI is InChI=1S/C10H16N4O3.ClH/c1-14-5-7(12-6-14)4-8(10(16)17)13-9(15)2-3-11;/h5-6,8H,2-4,11H2,1H3,(H,13,15)(H,16,17);1H/t8-;/m0./s1. The van der Waals surface area contributed by atoms with Gasteiger partial charge in [-0.3, -0.25) is 4.79 Å². The van der Waals surface area contributed by atoms with E-state index in [1.807, 2.05) is 0 Å². The first-order valence-electron chi connectivity index (χ1n) is 5.22. The third kappa shape index (κ3) is 5.15. The van der Waals surface area contributed by atoms with Gasteiger partial charge in [0.25, 0.3) is 0 Å². The number of aromatic nitrogens is 2. The molecule has 1 amide bonds. The van der Waals surface area contributed by atoms with Gasteiger partial charge in [0.2, 0.25) is 5.91 Å². The number of aliphatic carboxylic acids is 1. The first kappa shape index (κ1) is 16.4. The Morgan fingerprint density at radius 3 is 2.72 bits per heavy atom. The molecule has 0 unspecified atom stereocenters. The van der Waals surface area contributed by atoms with Gasteiger partial charge in [-0.15, -0.1) is 12.4 Å². The van der Waals surface area contributed by atoms with Crippen molar-refractivity contribution in [2.45, 2.75) is 18.9 Å². The number of nitrogens with zero attached hydrogens (tertiary/aromatic N) is 2. The van der Waals surface area contributed by atoms with E-state index in [4.69, 9.17) is 10.8 Å². The summed E-state index contributed by atoms with van der Waals surface area (Å²) < 4.78 is 1.72. The van der Waals surface area contributed by atoms with Crippen LogP contribution in [0.5, 0.6) is 0 Å². The summed E-state index contributed by atoms with van der Waals surface area (Å²) >= 11 is 0. The Labute approximate surface area is 111 Å². The number of rotatable bonds is 6. The summed E-state index contributed by atoms with van der Waals surface area (Å²) in [5.74, 6) is -1.45. The number of carboxylic acids is 1. The lowest BCUT2D eigenvalue weighted by atomic mass is 10.1.